The Balaban J connectivity index is 1.87. The Hall–Kier alpha value is -1.17. The first-order chi connectivity index (χ1) is 9.52. The Bertz CT molecular complexity index is 432. The minimum atomic E-state index is 0.0559. The van der Waals surface area contributed by atoms with Crippen molar-refractivity contribution in [3.05, 3.63) is 18.0 Å². The third-order valence-electron chi connectivity index (χ3n) is 3.92. The molecule has 0 radical (unpaired) electrons. The van der Waals surface area contributed by atoms with Crippen LogP contribution in [0.3, 0.4) is 0 Å². The SMILES string of the molecule is CSC(C)(C)CNC(=O)N1CCCC(c2cn[nH]c2)C1. The fourth-order valence-corrected chi connectivity index (χ4v) is 2.61. The summed E-state index contributed by atoms with van der Waals surface area (Å²) < 4.78 is 0.0788. The monoisotopic (exact) mass is 296 g/mol. The van der Waals surface area contributed by atoms with E-state index in [1.807, 2.05) is 17.3 Å². The average molecular weight is 296 g/mol. The van der Waals surface area contributed by atoms with Gasteiger partial charge >= 0.3 is 6.03 Å². The molecule has 1 aromatic rings. The molecule has 112 valence electrons. The molecule has 0 spiro atoms. The van der Waals surface area contributed by atoms with Crippen molar-refractivity contribution in [1.29, 1.82) is 0 Å². The number of aromatic nitrogens is 2. The van der Waals surface area contributed by atoms with Crippen LogP contribution in [0.4, 0.5) is 4.79 Å². The van der Waals surface area contributed by atoms with E-state index in [1.165, 1.54) is 5.56 Å². The van der Waals surface area contributed by atoms with Crippen LogP contribution < -0.4 is 5.32 Å². The molecule has 6 heteroatoms. The first kappa shape index (κ1) is 15.2. The zero-order valence-electron chi connectivity index (χ0n) is 12.5. The molecule has 2 N–H and O–H groups in total. The lowest BCUT2D eigenvalue weighted by atomic mass is 9.93. The number of carbonyl (C=O) groups is 1. The summed E-state index contributed by atoms with van der Waals surface area (Å²) in [4.78, 5) is 14.2. The van der Waals surface area contributed by atoms with Gasteiger partial charge in [0.2, 0.25) is 0 Å². The number of likely N-dealkylation sites (tertiary alicyclic amines) is 1. The molecular weight excluding hydrogens is 272 g/mol. The van der Waals surface area contributed by atoms with Crippen LogP contribution >= 0.6 is 11.8 Å². The number of carbonyl (C=O) groups excluding carboxylic acids is 1. The number of rotatable bonds is 4. The first-order valence-electron chi connectivity index (χ1n) is 7.08. The molecule has 5 nitrogen and oxygen atoms in total. The van der Waals surface area contributed by atoms with Crippen LogP contribution in [0.2, 0.25) is 0 Å². The van der Waals surface area contributed by atoms with E-state index < -0.39 is 0 Å². The van der Waals surface area contributed by atoms with Crippen molar-refractivity contribution in [1.82, 2.24) is 20.4 Å². The van der Waals surface area contributed by atoms with Gasteiger partial charge in [-0.1, -0.05) is 0 Å². The summed E-state index contributed by atoms with van der Waals surface area (Å²) in [7, 11) is 0. The average Bonchev–Trinajstić information content (AvgIpc) is 2.99. The van der Waals surface area contributed by atoms with E-state index in [4.69, 9.17) is 0 Å². The fourth-order valence-electron chi connectivity index (χ4n) is 2.39. The van der Waals surface area contributed by atoms with Crippen molar-refractivity contribution >= 4 is 17.8 Å². The highest BCUT2D eigenvalue weighted by Crippen LogP contribution is 2.26. The summed E-state index contributed by atoms with van der Waals surface area (Å²) in [6.07, 6.45) is 8.04. The van der Waals surface area contributed by atoms with Gasteiger partial charge < -0.3 is 10.2 Å². The van der Waals surface area contributed by atoms with Crippen LogP contribution in [-0.2, 0) is 0 Å². The highest BCUT2D eigenvalue weighted by atomic mass is 32.2. The topological polar surface area (TPSA) is 61.0 Å². The summed E-state index contributed by atoms with van der Waals surface area (Å²) in [6.45, 7) is 6.61. The van der Waals surface area contributed by atoms with Crippen LogP contribution in [0.15, 0.2) is 12.4 Å². The van der Waals surface area contributed by atoms with Crippen LogP contribution in [0, 0.1) is 0 Å². The number of amides is 2. The Labute approximate surface area is 124 Å². The molecule has 1 aliphatic rings. The molecule has 0 aromatic carbocycles. The molecule has 1 saturated heterocycles. The quantitative estimate of drug-likeness (QED) is 0.897. The smallest absolute Gasteiger partial charge is 0.317 e. The van der Waals surface area contributed by atoms with Crippen molar-refractivity contribution in [3.8, 4) is 0 Å². The number of thioether (sulfide) groups is 1. The molecule has 0 bridgehead atoms. The summed E-state index contributed by atoms with van der Waals surface area (Å²) in [5.41, 5.74) is 1.20. The number of nitrogens with one attached hydrogen (secondary N) is 2. The fraction of sp³-hybridized carbons (Fsp3) is 0.714. The highest BCUT2D eigenvalue weighted by Gasteiger charge is 2.26. The lowest BCUT2D eigenvalue weighted by Crippen LogP contribution is -2.47. The molecular formula is C14H24N4OS. The molecule has 20 heavy (non-hydrogen) atoms. The van der Waals surface area contributed by atoms with Gasteiger partial charge in [0, 0.05) is 36.5 Å². The molecule has 1 aromatic heterocycles. The zero-order valence-corrected chi connectivity index (χ0v) is 13.3. The molecule has 1 fully saturated rings. The summed E-state index contributed by atoms with van der Waals surface area (Å²) in [5.74, 6) is 0.404. The standard InChI is InChI=1S/C14H24N4OS/c1-14(2,20-3)10-15-13(19)18-6-4-5-11(9-18)12-7-16-17-8-12/h7-8,11H,4-6,9-10H2,1-3H3,(H,15,19)(H,16,17). The molecule has 0 aliphatic carbocycles. The van der Waals surface area contributed by atoms with E-state index in [9.17, 15) is 4.79 Å². The predicted molar refractivity (Wildman–Crippen MR) is 83.1 cm³/mol. The highest BCUT2D eigenvalue weighted by molar-refractivity contribution is 7.99. The lowest BCUT2D eigenvalue weighted by molar-refractivity contribution is 0.179. The van der Waals surface area contributed by atoms with E-state index in [2.05, 4.69) is 35.6 Å². The maximum absolute atomic E-state index is 12.3. The minimum absolute atomic E-state index is 0.0559. The summed E-state index contributed by atoms with van der Waals surface area (Å²) in [6, 6.07) is 0.0559. The van der Waals surface area contributed by atoms with Gasteiger partial charge in [-0.3, -0.25) is 5.10 Å². The van der Waals surface area contributed by atoms with Crippen molar-refractivity contribution < 1.29 is 4.79 Å². The van der Waals surface area contributed by atoms with Gasteiger partial charge in [-0.05, 0) is 38.5 Å². The second-order valence-electron chi connectivity index (χ2n) is 5.94. The number of piperidine rings is 1. The van der Waals surface area contributed by atoms with Gasteiger partial charge in [0.15, 0.2) is 0 Å². The molecule has 1 aliphatic heterocycles. The third kappa shape index (κ3) is 3.91. The van der Waals surface area contributed by atoms with E-state index in [0.717, 1.165) is 25.9 Å². The lowest BCUT2D eigenvalue weighted by Gasteiger charge is -2.33. The first-order valence-corrected chi connectivity index (χ1v) is 8.31. The van der Waals surface area contributed by atoms with E-state index in [-0.39, 0.29) is 10.8 Å². The van der Waals surface area contributed by atoms with E-state index in [0.29, 0.717) is 12.5 Å². The number of hydrogen-bond donors (Lipinski definition) is 2. The molecule has 1 atom stereocenters. The van der Waals surface area contributed by atoms with Gasteiger partial charge in [0.25, 0.3) is 0 Å². The molecule has 2 heterocycles. The van der Waals surface area contributed by atoms with Gasteiger partial charge in [-0.15, -0.1) is 0 Å². The van der Waals surface area contributed by atoms with Crippen molar-refractivity contribution in [3.63, 3.8) is 0 Å². The number of H-pyrrole nitrogens is 1. The second-order valence-corrected chi connectivity index (χ2v) is 7.45. The minimum Gasteiger partial charge on any atom is -0.337 e. The molecule has 2 amide bonds. The maximum Gasteiger partial charge on any atom is 0.317 e. The number of hydrogen-bond acceptors (Lipinski definition) is 3. The van der Waals surface area contributed by atoms with Crippen LogP contribution in [0.1, 0.15) is 38.2 Å². The molecule has 1 unspecified atom stereocenters. The third-order valence-corrected chi connectivity index (χ3v) is 5.17. The Morgan fingerprint density at radius 3 is 3.10 bits per heavy atom. The summed E-state index contributed by atoms with van der Waals surface area (Å²) >= 11 is 1.77. The van der Waals surface area contributed by atoms with Gasteiger partial charge in [0.1, 0.15) is 0 Å². The zero-order chi connectivity index (χ0) is 14.6. The summed E-state index contributed by atoms with van der Waals surface area (Å²) in [5, 5.41) is 9.90. The van der Waals surface area contributed by atoms with E-state index >= 15 is 0 Å². The van der Waals surface area contributed by atoms with Gasteiger partial charge in [-0.2, -0.15) is 16.9 Å². The number of nitrogens with zero attached hydrogens (tertiary/aromatic N) is 2. The van der Waals surface area contributed by atoms with Crippen molar-refractivity contribution in [2.75, 3.05) is 25.9 Å². The van der Waals surface area contributed by atoms with Crippen molar-refractivity contribution in [2.45, 2.75) is 37.4 Å². The maximum atomic E-state index is 12.3. The Kier molecular flexibility index (Phi) is 4.96. The van der Waals surface area contributed by atoms with Crippen LogP contribution in [-0.4, -0.2) is 51.8 Å². The number of urea groups is 1. The number of aromatic amines is 1. The second kappa shape index (κ2) is 6.52. The van der Waals surface area contributed by atoms with Gasteiger partial charge in [-0.25, -0.2) is 4.79 Å². The van der Waals surface area contributed by atoms with Gasteiger partial charge in [0.05, 0.1) is 6.20 Å². The molecule has 0 saturated carbocycles. The molecule has 2 rings (SSSR count). The predicted octanol–water partition coefficient (Wildman–Crippen LogP) is 2.44. The normalized spacial score (nSPS) is 19.9. The van der Waals surface area contributed by atoms with Crippen LogP contribution in [0.25, 0.3) is 0 Å². The van der Waals surface area contributed by atoms with Crippen molar-refractivity contribution in [2.24, 2.45) is 0 Å². The van der Waals surface area contributed by atoms with Crippen LogP contribution in [0.5, 0.6) is 0 Å². The Morgan fingerprint density at radius 2 is 2.45 bits per heavy atom. The Morgan fingerprint density at radius 1 is 1.65 bits per heavy atom. The largest absolute Gasteiger partial charge is 0.337 e. The van der Waals surface area contributed by atoms with E-state index in [1.54, 1.807) is 11.8 Å².